The molecular weight excluding hydrogens is 439 g/mol. The van der Waals surface area contributed by atoms with Crippen LogP contribution in [0, 0.1) is 19.8 Å². The van der Waals surface area contributed by atoms with E-state index in [9.17, 15) is 0 Å². The first kappa shape index (κ1) is 23.2. The summed E-state index contributed by atoms with van der Waals surface area (Å²) in [6.07, 6.45) is 3.72. The minimum absolute atomic E-state index is 0. The highest BCUT2D eigenvalue weighted by molar-refractivity contribution is 14.0. The Bertz CT molecular complexity index is 542. The van der Waals surface area contributed by atoms with Crippen molar-refractivity contribution in [2.24, 2.45) is 10.9 Å². The largest absolute Gasteiger partial charge is 0.357 e. The molecule has 0 saturated carbocycles. The van der Waals surface area contributed by atoms with Crippen molar-refractivity contribution in [3.8, 4) is 0 Å². The summed E-state index contributed by atoms with van der Waals surface area (Å²) in [5, 5.41) is 11.3. The predicted octanol–water partition coefficient (Wildman–Crippen LogP) is 2.80. The van der Waals surface area contributed by atoms with Crippen molar-refractivity contribution in [3.05, 3.63) is 17.5 Å². The molecule has 1 aliphatic rings. The van der Waals surface area contributed by atoms with Gasteiger partial charge in [0.15, 0.2) is 5.96 Å². The van der Waals surface area contributed by atoms with Crippen molar-refractivity contribution >= 4 is 29.9 Å². The highest BCUT2D eigenvalue weighted by Crippen LogP contribution is 2.14. The van der Waals surface area contributed by atoms with Crippen LogP contribution in [-0.2, 0) is 6.54 Å². The van der Waals surface area contributed by atoms with Crippen molar-refractivity contribution in [2.75, 3.05) is 39.3 Å². The lowest BCUT2D eigenvalue weighted by molar-refractivity contribution is 0.187. The molecule has 1 saturated heterocycles. The van der Waals surface area contributed by atoms with Gasteiger partial charge in [0.05, 0.1) is 5.69 Å². The van der Waals surface area contributed by atoms with Crippen LogP contribution in [0.25, 0.3) is 0 Å². The van der Waals surface area contributed by atoms with E-state index in [0.717, 1.165) is 56.7 Å². The molecule has 1 aromatic heterocycles. The highest BCUT2D eigenvalue weighted by atomic mass is 127. The van der Waals surface area contributed by atoms with E-state index in [-0.39, 0.29) is 24.0 Å². The molecule has 0 amide bonds. The molecule has 0 radical (unpaired) electrons. The van der Waals surface area contributed by atoms with E-state index in [1.807, 2.05) is 6.92 Å². The fraction of sp³-hybridized carbons (Fsp3) is 0.789. The second kappa shape index (κ2) is 12.5. The molecule has 0 aromatic carbocycles. The summed E-state index contributed by atoms with van der Waals surface area (Å²) < 4.78 is 2.07. The monoisotopic (exact) mass is 476 g/mol. The zero-order chi connectivity index (χ0) is 18.1. The molecule has 150 valence electrons. The van der Waals surface area contributed by atoms with Gasteiger partial charge in [-0.3, -0.25) is 9.67 Å². The van der Waals surface area contributed by atoms with Crippen LogP contribution in [0.5, 0.6) is 0 Å². The number of likely N-dealkylation sites (tertiary alicyclic amines) is 1. The van der Waals surface area contributed by atoms with E-state index >= 15 is 0 Å². The Kier molecular flexibility index (Phi) is 11.2. The van der Waals surface area contributed by atoms with E-state index in [4.69, 9.17) is 4.99 Å². The minimum Gasteiger partial charge on any atom is -0.357 e. The first-order valence-electron chi connectivity index (χ1n) is 9.84. The third-order valence-electron chi connectivity index (χ3n) is 4.71. The Hall–Kier alpha value is -0.830. The van der Waals surface area contributed by atoms with Gasteiger partial charge in [0.25, 0.3) is 0 Å². The molecule has 1 aromatic rings. The Morgan fingerprint density at radius 3 is 2.77 bits per heavy atom. The van der Waals surface area contributed by atoms with Crippen LogP contribution >= 0.6 is 24.0 Å². The minimum atomic E-state index is 0. The highest BCUT2D eigenvalue weighted by Gasteiger charge is 2.15. The number of guanidine groups is 1. The zero-order valence-electron chi connectivity index (χ0n) is 16.9. The second-order valence-electron chi connectivity index (χ2n) is 7.24. The SMILES string of the molecule is CCNC(=NCCCn1nc(C)cc1C)NCCN1CCCC(C)C1.I. The topological polar surface area (TPSA) is 57.5 Å². The van der Waals surface area contributed by atoms with Gasteiger partial charge in [0, 0.05) is 45.0 Å². The number of aliphatic imine (C=N–C) groups is 1. The smallest absolute Gasteiger partial charge is 0.191 e. The summed E-state index contributed by atoms with van der Waals surface area (Å²) >= 11 is 0. The molecule has 2 heterocycles. The number of nitrogens with zero attached hydrogens (tertiary/aromatic N) is 4. The van der Waals surface area contributed by atoms with Gasteiger partial charge in [-0.1, -0.05) is 6.92 Å². The van der Waals surface area contributed by atoms with Crippen LogP contribution in [-0.4, -0.2) is 59.9 Å². The van der Waals surface area contributed by atoms with Crippen LogP contribution in [0.15, 0.2) is 11.1 Å². The quantitative estimate of drug-likeness (QED) is 0.262. The molecule has 1 fully saturated rings. The molecule has 6 nitrogen and oxygen atoms in total. The number of nitrogens with one attached hydrogen (secondary N) is 2. The van der Waals surface area contributed by atoms with Gasteiger partial charge in [-0.05, 0) is 58.6 Å². The summed E-state index contributed by atoms with van der Waals surface area (Å²) in [5.41, 5.74) is 2.31. The van der Waals surface area contributed by atoms with Gasteiger partial charge >= 0.3 is 0 Å². The van der Waals surface area contributed by atoms with E-state index in [1.165, 1.54) is 31.6 Å². The van der Waals surface area contributed by atoms with Crippen molar-refractivity contribution in [1.82, 2.24) is 25.3 Å². The summed E-state index contributed by atoms with van der Waals surface area (Å²) in [7, 11) is 0. The van der Waals surface area contributed by atoms with Gasteiger partial charge in [-0.25, -0.2) is 0 Å². The van der Waals surface area contributed by atoms with Gasteiger partial charge in [0.2, 0.25) is 0 Å². The van der Waals surface area contributed by atoms with Gasteiger partial charge < -0.3 is 15.5 Å². The first-order valence-corrected chi connectivity index (χ1v) is 9.84. The average Bonchev–Trinajstić information content (AvgIpc) is 2.89. The Labute approximate surface area is 176 Å². The molecular formula is C19H37IN6. The Morgan fingerprint density at radius 2 is 2.12 bits per heavy atom. The molecule has 26 heavy (non-hydrogen) atoms. The molecule has 2 rings (SSSR count). The summed E-state index contributed by atoms with van der Waals surface area (Å²) in [5.74, 6) is 1.77. The number of hydrogen-bond acceptors (Lipinski definition) is 3. The lowest BCUT2D eigenvalue weighted by Crippen LogP contribution is -2.43. The van der Waals surface area contributed by atoms with Crippen molar-refractivity contribution in [1.29, 1.82) is 0 Å². The maximum Gasteiger partial charge on any atom is 0.191 e. The number of piperidine rings is 1. The fourth-order valence-electron chi connectivity index (χ4n) is 3.48. The maximum atomic E-state index is 4.70. The van der Waals surface area contributed by atoms with Gasteiger partial charge in [0.1, 0.15) is 0 Å². The molecule has 1 atom stereocenters. The normalized spacial score (nSPS) is 18.5. The second-order valence-corrected chi connectivity index (χ2v) is 7.24. The number of rotatable bonds is 8. The van der Waals surface area contributed by atoms with Crippen LogP contribution in [0.1, 0.15) is 44.5 Å². The lowest BCUT2D eigenvalue weighted by atomic mass is 10.0. The van der Waals surface area contributed by atoms with E-state index < -0.39 is 0 Å². The maximum absolute atomic E-state index is 4.70. The van der Waals surface area contributed by atoms with Gasteiger partial charge in [-0.2, -0.15) is 5.10 Å². The molecule has 0 aliphatic carbocycles. The Morgan fingerprint density at radius 1 is 1.31 bits per heavy atom. The average molecular weight is 476 g/mol. The van der Waals surface area contributed by atoms with Crippen LogP contribution in [0.2, 0.25) is 0 Å². The van der Waals surface area contributed by atoms with Crippen molar-refractivity contribution in [3.63, 3.8) is 0 Å². The number of hydrogen-bond donors (Lipinski definition) is 2. The molecule has 1 unspecified atom stereocenters. The number of halogens is 1. The van der Waals surface area contributed by atoms with E-state index in [2.05, 4.69) is 52.2 Å². The van der Waals surface area contributed by atoms with Crippen LogP contribution in [0.4, 0.5) is 0 Å². The third kappa shape index (κ3) is 8.24. The first-order chi connectivity index (χ1) is 12.1. The van der Waals surface area contributed by atoms with Crippen molar-refractivity contribution < 1.29 is 0 Å². The molecule has 0 bridgehead atoms. The van der Waals surface area contributed by atoms with Crippen LogP contribution in [0.3, 0.4) is 0 Å². The van der Waals surface area contributed by atoms with Crippen LogP contribution < -0.4 is 10.6 Å². The summed E-state index contributed by atoms with van der Waals surface area (Å²) in [4.78, 5) is 7.26. The van der Waals surface area contributed by atoms with Crippen molar-refractivity contribution in [2.45, 2.75) is 53.5 Å². The molecule has 0 spiro atoms. The van der Waals surface area contributed by atoms with E-state index in [0.29, 0.717) is 0 Å². The van der Waals surface area contributed by atoms with Gasteiger partial charge in [-0.15, -0.1) is 24.0 Å². The third-order valence-corrected chi connectivity index (χ3v) is 4.71. The molecule has 1 aliphatic heterocycles. The molecule has 2 N–H and O–H groups in total. The van der Waals surface area contributed by atoms with E-state index in [1.54, 1.807) is 0 Å². The number of aromatic nitrogens is 2. The standard InChI is InChI=1S/C19H36N6.HI/c1-5-20-19(22-10-13-24-11-6-8-16(2)15-24)21-9-7-12-25-18(4)14-17(3)23-25;/h14,16H,5-13,15H2,1-4H3,(H2,20,21,22);1H. The predicted molar refractivity (Wildman–Crippen MR) is 121 cm³/mol. The lowest BCUT2D eigenvalue weighted by Gasteiger charge is -2.30. The summed E-state index contributed by atoms with van der Waals surface area (Å²) in [6, 6.07) is 2.12. The number of aryl methyl sites for hydroxylation is 3. The molecule has 7 heteroatoms. The zero-order valence-corrected chi connectivity index (χ0v) is 19.3. The summed E-state index contributed by atoms with van der Waals surface area (Å²) in [6.45, 7) is 15.8. The Balaban J connectivity index is 0.00000338. The fourth-order valence-corrected chi connectivity index (χ4v) is 3.48.